The van der Waals surface area contributed by atoms with Crippen molar-refractivity contribution < 1.29 is 19.4 Å². The van der Waals surface area contributed by atoms with Gasteiger partial charge in [0.1, 0.15) is 11.4 Å². The fourth-order valence-electron chi connectivity index (χ4n) is 1.51. The highest BCUT2D eigenvalue weighted by atomic mass is 79.9. The summed E-state index contributed by atoms with van der Waals surface area (Å²) in [5.74, 6) is -0.986. The molecule has 0 atom stereocenters. The highest BCUT2D eigenvalue weighted by Crippen LogP contribution is 2.18. The number of nitrogens with one attached hydrogen (secondary N) is 2. The summed E-state index contributed by atoms with van der Waals surface area (Å²) in [6, 6.07) is 8.17. The Balaban J connectivity index is 2.04. The molecular weight excluding hydrogens is 328 g/mol. The van der Waals surface area contributed by atoms with Gasteiger partial charge in [-0.15, -0.1) is 0 Å². The summed E-state index contributed by atoms with van der Waals surface area (Å²) < 4.78 is 5.81. The smallest absolute Gasteiger partial charge is 0.341 e. The molecule has 6 nitrogen and oxygen atoms in total. The number of carboxylic acids is 1. The maximum absolute atomic E-state index is 11.9. The lowest BCUT2D eigenvalue weighted by atomic mass is 10.3. The monoisotopic (exact) mass is 338 g/mol. The van der Waals surface area contributed by atoms with E-state index >= 15 is 0 Å². The molecule has 2 rings (SSSR count). The van der Waals surface area contributed by atoms with E-state index in [0.29, 0.717) is 17.1 Å². The van der Waals surface area contributed by atoms with Crippen molar-refractivity contribution in [1.82, 2.24) is 4.98 Å². The number of carboxylic acid groups (broad SMARTS) is 1. The molecule has 0 radical (unpaired) electrons. The summed E-state index contributed by atoms with van der Waals surface area (Å²) in [4.78, 5) is 25.1. The van der Waals surface area contributed by atoms with Crippen molar-refractivity contribution in [3.05, 3.63) is 46.7 Å². The van der Waals surface area contributed by atoms with Crippen LogP contribution in [-0.4, -0.2) is 28.6 Å². The van der Waals surface area contributed by atoms with Crippen LogP contribution in [0.2, 0.25) is 0 Å². The van der Waals surface area contributed by atoms with Gasteiger partial charge < -0.3 is 20.1 Å². The Labute approximate surface area is 122 Å². The summed E-state index contributed by atoms with van der Waals surface area (Å²) in [5, 5.41) is 11.2. The van der Waals surface area contributed by atoms with E-state index in [4.69, 9.17) is 9.84 Å². The van der Waals surface area contributed by atoms with Crippen LogP contribution in [0.5, 0.6) is 5.75 Å². The molecule has 0 unspecified atom stereocenters. The number of ether oxygens (including phenoxy) is 1. The second-order valence-electron chi connectivity index (χ2n) is 3.90. The van der Waals surface area contributed by atoms with Crippen molar-refractivity contribution in [3.8, 4) is 5.75 Å². The molecule has 0 saturated carbocycles. The maximum atomic E-state index is 11.9. The number of aromatic nitrogens is 1. The number of carbonyl (C=O) groups is 2. The Morgan fingerprint density at radius 2 is 2.15 bits per heavy atom. The van der Waals surface area contributed by atoms with Crippen molar-refractivity contribution in [2.45, 2.75) is 0 Å². The first kappa shape index (κ1) is 14.1. The van der Waals surface area contributed by atoms with E-state index in [2.05, 4.69) is 26.2 Å². The van der Waals surface area contributed by atoms with Crippen LogP contribution in [-0.2, 0) is 4.79 Å². The van der Waals surface area contributed by atoms with Crippen LogP contribution in [0.25, 0.3) is 0 Å². The van der Waals surface area contributed by atoms with Gasteiger partial charge in [-0.25, -0.2) is 4.79 Å². The number of benzene rings is 1. The van der Waals surface area contributed by atoms with Crippen molar-refractivity contribution in [2.75, 3.05) is 11.9 Å². The predicted octanol–water partition coefficient (Wildman–Crippen LogP) is 2.49. The van der Waals surface area contributed by atoms with E-state index in [1.165, 1.54) is 0 Å². The van der Waals surface area contributed by atoms with Gasteiger partial charge in [0.15, 0.2) is 6.61 Å². The molecule has 1 amide bonds. The van der Waals surface area contributed by atoms with Crippen molar-refractivity contribution in [2.24, 2.45) is 0 Å². The molecule has 1 aromatic carbocycles. The number of halogens is 1. The minimum atomic E-state index is -1.06. The zero-order valence-corrected chi connectivity index (χ0v) is 11.8. The number of hydrogen-bond acceptors (Lipinski definition) is 3. The highest BCUT2D eigenvalue weighted by Gasteiger charge is 2.09. The standard InChI is InChI=1S/C13H11BrN2O4/c14-8-4-11(15-6-8)13(19)16-9-2-1-3-10(5-9)20-7-12(17)18/h1-6,15H,7H2,(H,16,19)(H,17,18). The van der Waals surface area contributed by atoms with Crippen LogP contribution in [0, 0.1) is 0 Å². The first-order valence-corrected chi connectivity index (χ1v) is 6.44. The molecule has 1 aromatic heterocycles. The van der Waals surface area contributed by atoms with Gasteiger partial charge >= 0.3 is 5.97 Å². The lowest BCUT2D eigenvalue weighted by Crippen LogP contribution is -2.13. The van der Waals surface area contributed by atoms with E-state index in [9.17, 15) is 9.59 Å². The summed E-state index contributed by atoms with van der Waals surface area (Å²) in [5.41, 5.74) is 0.928. The number of amides is 1. The third-order valence-corrected chi connectivity index (χ3v) is 2.80. The molecule has 0 aliphatic carbocycles. The summed E-state index contributed by atoms with van der Waals surface area (Å²) >= 11 is 3.24. The van der Waals surface area contributed by atoms with Crippen LogP contribution >= 0.6 is 15.9 Å². The second-order valence-corrected chi connectivity index (χ2v) is 4.81. The van der Waals surface area contributed by atoms with Gasteiger partial charge in [0.25, 0.3) is 5.91 Å². The molecule has 0 bridgehead atoms. The van der Waals surface area contributed by atoms with Crippen LogP contribution in [0.1, 0.15) is 10.5 Å². The van der Waals surface area contributed by atoms with Crippen molar-refractivity contribution >= 4 is 33.5 Å². The molecule has 104 valence electrons. The number of aliphatic carboxylic acids is 1. The van der Waals surface area contributed by atoms with Gasteiger partial charge in [0.05, 0.1) is 0 Å². The lowest BCUT2D eigenvalue weighted by molar-refractivity contribution is -0.139. The average molecular weight is 339 g/mol. The van der Waals surface area contributed by atoms with E-state index in [0.717, 1.165) is 4.47 Å². The van der Waals surface area contributed by atoms with Crippen molar-refractivity contribution in [1.29, 1.82) is 0 Å². The zero-order chi connectivity index (χ0) is 14.5. The van der Waals surface area contributed by atoms with E-state index in [1.54, 1.807) is 36.5 Å². The van der Waals surface area contributed by atoms with Crippen LogP contribution in [0.3, 0.4) is 0 Å². The Hall–Kier alpha value is -2.28. The van der Waals surface area contributed by atoms with Crippen LogP contribution < -0.4 is 10.1 Å². The van der Waals surface area contributed by atoms with Gasteiger partial charge in [-0.3, -0.25) is 4.79 Å². The molecule has 0 fully saturated rings. The fraction of sp³-hybridized carbons (Fsp3) is 0.0769. The zero-order valence-electron chi connectivity index (χ0n) is 10.2. The van der Waals surface area contributed by atoms with E-state index in [1.807, 2.05) is 0 Å². The Morgan fingerprint density at radius 1 is 1.35 bits per heavy atom. The molecule has 0 spiro atoms. The normalized spacial score (nSPS) is 10.1. The number of aromatic amines is 1. The minimum Gasteiger partial charge on any atom is -0.482 e. The summed E-state index contributed by atoms with van der Waals surface area (Å²) in [7, 11) is 0. The van der Waals surface area contributed by atoms with Crippen LogP contribution in [0.4, 0.5) is 5.69 Å². The number of hydrogen-bond donors (Lipinski definition) is 3. The molecule has 2 aromatic rings. The largest absolute Gasteiger partial charge is 0.482 e. The number of anilines is 1. The summed E-state index contributed by atoms with van der Waals surface area (Å²) in [6.07, 6.45) is 1.65. The van der Waals surface area contributed by atoms with Gasteiger partial charge in [0.2, 0.25) is 0 Å². The van der Waals surface area contributed by atoms with Gasteiger partial charge in [-0.1, -0.05) is 6.07 Å². The quantitative estimate of drug-likeness (QED) is 0.781. The number of carbonyl (C=O) groups excluding carboxylic acids is 1. The van der Waals surface area contributed by atoms with E-state index < -0.39 is 12.6 Å². The molecule has 3 N–H and O–H groups in total. The molecule has 20 heavy (non-hydrogen) atoms. The molecule has 0 saturated heterocycles. The van der Waals surface area contributed by atoms with E-state index in [-0.39, 0.29) is 5.91 Å². The summed E-state index contributed by atoms with van der Waals surface area (Å²) in [6.45, 7) is -0.430. The number of rotatable bonds is 5. The Morgan fingerprint density at radius 3 is 2.80 bits per heavy atom. The molecular formula is C13H11BrN2O4. The first-order chi connectivity index (χ1) is 9.54. The second kappa shape index (κ2) is 6.25. The topological polar surface area (TPSA) is 91.4 Å². The van der Waals surface area contributed by atoms with Crippen LogP contribution in [0.15, 0.2) is 41.0 Å². The lowest BCUT2D eigenvalue weighted by Gasteiger charge is -2.07. The van der Waals surface area contributed by atoms with Gasteiger partial charge in [0, 0.05) is 22.4 Å². The fourth-order valence-corrected chi connectivity index (χ4v) is 1.85. The predicted molar refractivity (Wildman–Crippen MR) is 76.0 cm³/mol. The maximum Gasteiger partial charge on any atom is 0.341 e. The molecule has 0 aliphatic heterocycles. The van der Waals surface area contributed by atoms with Gasteiger partial charge in [-0.2, -0.15) is 0 Å². The highest BCUT2D eigenvalue weighted by molar-refractivity contribution is 9.10. The number of H-pyrrole nitrogens is 1. The SMILES string of the molecule is O=C(O)COc1cccc(NC(=O)c2cc(Br)c[nH]2)c1. The van der Waals surface area contributed by atoms with Gasteiger partial charge in [-0.05, 0) is 34.1 Å². The third-order valence-electron chi connectivity index (χ3n) is 2.35. The molecule has 1 heterocycles. The first-order valence-electron chi connectivity index (χ1n) is 5.64. The Bertz CT molecular complexity index is 639. The average Bonchev–Trinajstić information content (AvgIpc) is 2.84. The Kier molecular flexibility index (Phi) is 4.41. The molecule has 0 aliphatic rings. The molecule has 7 heteroatoms. The third kappa shape index (κ3) is 3.86. The van der Waals surface area contributed by atoms with Crippen molar-refractivity contribution in [3.63, 3.8) is 0 Å². The minimum absolute atomic E-state index is 0.300.